The van der Waals surface area contributed by atoms with Crippen molar-refractivity contribution in [3.63, 3.8) is 0 Å². The van der Waals surface area contributed by atoms with Crippen molar-refractivity contribution in [1.29, 1.82) is 0 Å². The fourth-order valence-corrected chi connectivity index (χ4v) is 3.82. The normalized spacial score (nSPS) is 15.1. The van der Waals surface area contributed by atoms with Crippen molar-refractivity contribution < 1.29 is 4.74 Å². The Morgan fingerprint density at radius 2 is 1.76 bits per heavy atom. The van der Waals surface area contributed by atoms with E-state index in [1.54, 1.807) is 0 Å². The number of piperazine rings is 1. The Morgan fingerprint density at radius 1 is 1.00 bits per heavy atom. The highest BCUT2D eigenvalue weighted by Gasteiger charge is 2.09. The molecule has 1 fully saturated rings. The molecule has 0 aliphatic carbocycles. The standard InChI is InChI=1S/C24H30N4O/c1-27(19-21-6-9-24-22(17-21)3-2-10-26-24)18-20-4-7-23(8-5-20)29-16-15-28-13-11-25-12-14-28/h2-10,17,25H,11-16,18-19H2,1H3. The summed E-state index contributed by atoms with van der Waals surface area (Å²) in [7, 11) is 2.16. The molecule has 0 atom stereocenters. The zero-order chi connectivity index (χ0) is 19.9. The van der Waals surface area contributed by atoms with Gasteiger partial charge in [0, 0.05) is 57.4 Å². The number of fused-ring (bicyclic) bond motifs is 1. The predicted molar refractivity (Wildman–Crippen MR) is 118 cm³/mol. The van der Waals surface area contributed by atoms with Crippen LogP contribution in [0.1, 0.15) is 11.1 Å². The molecule has 5 heteroatoms. The first kappa shape index (κ1) is 19.8. The summed E-state index contributed by atoms with van der Waals surface area (Å²) in [6.45, 7) is 7.95. The summed E-state index contributed by atoms with van der Waals surface area (Å²) in [5.41, 5.74) is 3.65. The van der Waals surface area contributed by atoms with Crippen LogP contribution in [-0.2, 0) is 13.1 Å². The van der Waals surface area contributed by atoms with Gasteiger partial charge in [0.15, 0.2) is 0 Å². The molecule has 1 aliphatic heterocycles. The maximum atomic E-state index is 5.92. The van der Waals surface area contributed by atoms with Gasteiger partial charge >= 0.3 is 0 Å². The topological polar surface area (TPSA) is 40.6 Å². The fourth-order valence-electron chi connectivity index (χ4n) is 3.82. The Balaban J connectivity index is 1.25. The number of pyridine rings is 1. The van der Waals surface area contributed by atoms with E-state index in [0.717, 1.165) is 63.7 Å². The van der Waals surface area contributed by atoms with Crippen LogP contribution in [0.2, 0.25) is 0 Å². The van der Waals surface area contributed by atoms with Crippen molar-refractivity contribution in [2.24, 2.45) is 0 Å². The predicted octanol–water partition coefficient (Wildman–Crippen LogP) is 3.15. The molecule has 1 aromatic heterocycles. The Morgan fingerprint density at radius 3 is 2.59 bits per heavy atom. The van der Waals surface area contributed by atoms with Gasteiger partial charge in [0.05, 0.1) is 5.52 Å². The van der Waals surface area contributed by atoms with Crippen molar-refractivity contribution in [3.05, 3.63) is 71.9 Å². The van der Waals surface area contributed by atoms with E-state index in [-0.39, 0.29) is 0 Å². The molecule has 5 nitrogen and oxygen atoms in total. The van der Waals surface area contributed by atoms with E-state index in [4.69, 9.17) is 4.74 Å². The van der Waals surface area contributed by atoms with Crippen molar-refractivity contribution in [2.75, 3.05) is 46.4 Å². The van der Waals surface area contributed by atoms with Gasteiger partial charge in [-0.1, -0.05) is 24.3 Å². The molecular formula is C24H30N4O. The minimum atomic E-state index is 0.746. The average molecular weight is 391 g/mol. The number of benzene rings is 2. The Labute approximate surface area is 173 Å². The zero-order valence-corrected chi connectivity index (χ0v) is 17.2. The van der Waals surface area contributed by atoms with Gasteiger partial charge in [-0.3, -0.25) is 14.8 Å². The molecular weight excluding hydrogens is 360 g/mol. The second-order valence-corrected chi connectivity index (χ2v) is 7.79. The monoisotopic (exact) mass is 390 g/mol. The first-order valence-electron chi connectivity index (χ1n) is 10.4. The molecule has 0 radical (unpaired) electrons. The molecule has 0 amide bonds. The lowest BCUT2D eigenvalue weighted by Gasteiger charge is -2.26. The van der Waals surface area contributed by atoms with Crippen LogP contribution in [0.4, 0.5) is 0 Å². The van der Waals surface area contributed by atoms with Gasteiger partial charge in [-0.05, 0) is 48.5 Å². The summed E-state index contributed by atoms with van der Waals surface area (Å²) in [4.78, 5) is 9.17. The van der Waals surface area contributed by atoms with Crippen LogP contribution >= 0.6 is 0 Å². The van der Waals surface area contributed by atoms with Gasteiger partial charge in [0.1, 0.15) is 12.4 Å². The third-order valence-corrected chi connectivity index (χ3v) is 5.38. The minimum absolute atomic E-state index is 0.746. The van der Waals surface area contributed by atoms with Crippen LogP contribution < -0.4 is 10.1 Å². The maximum absolute atomic E-state index is 5.92. The lowest BCUT2D eigenvalue weighted by molar-refractivity contribution is 0.191. The van der Waals surface area contributed by atoms with E-state index < -0.39 is 0 Å². The molecule has 152 valence electrons. The maximum Gasteiger partial charge on any atom is 0.119 e. The molecule has 0 unspecified atom stereocenters. The van der Waals surface area contributed by atoms with Gasteiger partial charge < -0.3 is 10.1 Å². The molecule has 0 saturated carbocycles. The summed E-state index contributed by atoms with van der Waals surface area (Å²) < 4.78 is 5.92. The van der Waals surface area contributed by atoms with Crippen molar-refractivity contribution >= 4 is 10.9 Å². The minimum Gasteiger partial charge on any atom is -0.492 e. The zero-order valence-electron chi connectivity index (χ0n) is 17.2. The van der Waals surface area contributed by atoms with Gasteiger partial charge in [0.25, 0.3) is 0 Å². The molecule has 2 aromatic carbocycles. The molecule has 3 aromatic rings. The van der Waals surface area contributed by atoms with E-state index in [1.165, 1.54) is 16.5 Å². The molecule has 2 heterocycles. The van der Waals surface area contributed by atoms with Crippen LogP contribution in [0.25, 0.3) is 10.9 Å². The lowest BCUT2D eigenvalue weighted by Crippen LogP contribution is -2.44. The largest absolute Gasteiger partial charge is 0.492 e. The average Bonchev–Trinajstić information content (AvgIpc) is 2.75. The fraction of sp³-hybridized carbons (Fsp3) is 0.375. The van der Waals surface area contributed by atoms with E-state index in [0.29, 0.717) is 0 Å². The third kappa shape index (κ3) is 5.76. The van der Waals surface area contributed by atoms with Crippen LogP contribution in [0.3, 0.4) is 0 Å². The van der Waals surface area contributed by atoms with Crippen molar-refractivity contribution in [3.8, 4) is 5.75 Å². The molecule has 1 saturated heterocycles. The summed E-state index contributed by atoms with van der Waals surface area (Å²) in [5, 5.41) is 4.57. The van der Waals surface area contributed by atoms with Gasteiger partial charge in [0.2, 0.25) is 0 Å². The Bertz CT molecular complexity index is 906. The highest BCUT2D eigenvalue weighted by Crippen LogP contribution is 2.17. The van der Waals surface area contributed by atoms with Crippen LogP contribution in [0, 0.1) is 0 Å². The third-order valence-electron chi connectivity index (χ3n) is 5.38. The second kappa shape index (κ2) is 9.83. The molecule has 4 rings (SSSR count). The Kier molecular flexibility index (Phi) is 6.72. The number of nitrogens with zero attached hydrogens (tertiary/aromatic N) is 3. The highest BCUT2D eigenvalue weighted by atomic mass is 16.5. The quantitative estimate of drug-likeness (QED) is 0.640. The summed E-state index contributed by atoms with van der Waals surface area (Å²) in [5.74, 6) is 0.952. The molecule has 1 N–H and O–H groups in total. The first-order chi connectivity index (χ1) is 14.3. The number of rotatable bonds is 8. The number of aromatic nitrogens is 1. The summed E-state index contributed by atoms with van der Waals surface area (Å²) in [6, 6.07) is 19.1. The summed E-state index contributed by atoms with van der Waals surface area (Å²) in [6.07, 6.45) is 1.84. The molecule has 29 heavy (non-hydrogen) atoms. The van der Waals surface area contributed by atoms with Crippen LogP contribution in [0.15, 0.2) is 60.8 Å². The number of hydrogen-bond donors (Lipinski definition) is 1. The smallest absolute Gasteiger partial charge is 0.119 e. The molecule has 0 bridgehead atoms. The van der Waals surface area contributed by atoms with Gasteiger partial charge in [-0.2, -0.15) is 0 Å². The van der Waals surface area contributed by atoms with E-state index in [9.17, 15) is 0 Å². The Hall–Kier alpha value is -2.47. The van der Waals surface area contributed by atoms with Crippen molar-refractivity contribution in [2.45, 2.75) is 13.1 Å². The number of hydrogen-bond acceptors (Lipinski definition) is 5. The number of nitrogens with one attached hydrogen (secondary N) is 1. The van der Waals surface area contributed by atoms with Crippen molar-refractivity contribution in [1.82, 2.24) is 20.1 Å². The van der Waals surface area contributed by atoms with Crippen LogP contribution in [0.5, 0.6) is 5.75 Å². The van der Waals surface area contributed by atoms with Crippen LogP contribution in [-0.4, -0.2) is 61.2 Å². The molecule has 1 aliphatic rings. The summed E-state index contributed by atoms with van der Waals surface area (Å²) >= 11 is 0. The second-order valence-electron chi connectivity index (χ2n) is 7.79. The SMILES string of the molecule is CN(Cc1ccc(OCCN2CCNCC2)cc1)Cc1ccc2ncccc2c1. The van der Waals surface area contributed by atoms with Gasteiger partial charge in [-0.25, -0.2) is 0 Å². The number of ether oxygens (including phenoxy) is 1. The van der Waals surface area contributed by atoms with Gasteiger partial charge in [-0.15, -0.1) is 0 Å². The van der Waals surface area contributed by atoms with E-state index >= 15 is 0 Å². The lowest BCUT2D eigenvalue weighted by atomic mass is 10.1. The van der Waals surface area contributed by atoms with E-state index in [1.807, 2.05) is 12.3 Å². The first-order valence-corrected chi connectivity index (χ1v) is 10.4. The molecule has 0 spiro atoms. The van der Waals surface area contributed by atoms with E-state index in [2.05, 4.69) is 75.7 Å². The highest BCUT2D eigenvalue weighted by molar-refractivity contribution is 5.78.